The number of amides is 1. The largest absolute Gasteiger partial charge is 0.497 e. The minimum Gasteiger partial charge on any atom is -0.497 e. The van der Waals surface area contributed by atoms with E-state index in [1.165, 1.54) is 16.9 Å². The van der Waals surface area contributed by atoms with Gasteiger partial charge >= 0.3 is 0 Å². The number of carbonyl (C=O) groups excluding carboxylic acids is 1. The summed E-state index contributed by atoms with van der Waals surface area (Å²) in [4.78, 5) is 12.3. The molecule has 1 N–H and O–H groups in total. The molecule has 6 nitrogen and oxygen atoms in total. The van der Waals surface area contributed by atoms with E-state index >= 15 is 0 Å². The fourth-order valence-electron chi connectivity index (χ4n) is 2.18. The molecule has 0 aliphatic rings. The molecule has 1 unspecified atom stereocenters. The van der Waals surface area contributed by atoms with E-state index in [2.05, 4.69) is 27.6 Å². The van der Waals surface area contributed by atoms with Crippen molar-refractivity contribution in [1.29, 1.82) is 0 Å². The number of benzene rings is 2. The van der Waals surface area contributed by atoms with Crippen LogP contribution in [0, 0.1) is 0 Å². The first kappa shape index (κ1) is 19.2. The molecule has 3 aromatic rings. The molecular formula is C19H19N3O3S2. The molecule has 0 aliphatic heterocycles. The van der Waals surface area contributed by atoms with Gasteiger partial charge in [0.1, 0.15) is 11.5 Å². The van der Waals surface area contributed by atoms with Gasteiger partial charge in [0.25, 0.3) is 5.91 Å². The van der Waals surface area contributed by atoms with Gasteiger partial charge in [-0.15, -0.1) is 10.2 Å². The summed E-state index contributed by atoms with van der Waals surface area (Å²) in [7, 11) is 1.58. The molecule has 8 heteroatoms. The zero-order valence-electron chi connectivity index (χ0n) is 14.9. The number of carbonyl (C=O) groups is 1. The molecule has 0 fully saturated rings. The monoisotopic (exact) mass is 401 g/mol. The topological polar surface area (TPSA) is 73.3 Å². The van der Waals surface area contributed by atoms with Crippen LogP contribution in [0.25, 0.3) is 0 Å². The van der Waals surface area contributed by atoms with E-state index in [1.807, 2.05) is 24.3 Å². The van der Waals surface area contributed by atoms with E-state index in [0.29, 0.717) is 16.6 Å². The van der Waals surface area contributed by atoms with Gasteiger partial charge in [-0.25, -0.2) is 0 Å². The van der Waals surface area contributed by atoms with Crippen LogP contribution >= 0.6 is 23.1 Å². The molecule has 0 aliphatic carbocycles. The first-order valence-electron chi connectivity index (χ1n) is 8.26. The van der Waals surface area contributed by atoms with E-state index < -0.39 is 6.10 Å². The Morgan fingerprint density at radius 1 is 1.15 bits per heavy atom. The summed E-state index contributed by atoms with van der Waals surface area (Å²) < 4.78 is 11.6. The van der Waals surface area contributed by atoms with Crippen LogP contribution in [-0.4, -0.2) is 29.3 Å². The quantitative estimate of drug-likeness (QED) is 0.449. The van der Waals surface area contributed by atoms with Gasteiger partial charge in [0.05, 0.1) is 7.11 Å². The maximum Gasteiger partial charge on any atom is 0.266 e. The van der Waals surface area contributed by atoms with Crippen molar-refractivity contribution in [3.05, 3.63) is 60.2 Å². The third kappa shape index (κ3) is 5.70. The Bertz CT molecular complexity index is 887. The zero-order chi connectivity index (χ0) is 19.1. The van der Waals surface area contributed by atoms with Crippen LogP contribution in [0.1, 0.15) is 12.5 Å². The molecule has 0 saturated carbocycles. The smallest absolute Gasteiger partial charge is 0.266 e. The van der Waals surface area contributed by atoms with Crippen LogP contribution < -0.4 is 14.8 Å². The van der Waals surface area contributed by atoms with Crippen LogP contribution in [0.15, 0.2) is 58.9 Å². The normalized spacial score (nSPS) is 11.6. The van der Waals surface area contributed by atoms with E-state index in [-0.39, 0.29) is 5.91 Å². The van der Waals surface area contributed by atoms with Crippen LogP contribution in [0.4, 0.5) is 5.13 Å². The number of aromatic nitrogens is 2. The van der Waals surface area contributed by atoms with E-state index in [0.717, 1.165) is 10.1 Å². The number of thioether (sulfide) groups is 1. The van der Waals surface area contributed by atoms with Crippen LogP contribution in [0.3, 0.4) is 0 Å². The minimum absolute atomic E-state index is 0.284. The Kier molecular flexibility index (Phi) is 6.67. The van der Waals surface area contributed by atoms with Crippen LogP contribution in [0.5, 0.6) is 11.5 Å². The summed E-state index contributed by atoms with van der Waals surface area (Å²) in [6.07, 6.45) is -0.679. The number of nitrogens with zero attached hydrogens (tertiary/aromatic N) is 2. The van der Waals surface area contributed by atoms with Crippen molar-refractivity contribution < 1.29 is 14.3 Å². The second kappa shape index (κ2) is 9.38. The van der Waals surface area contributed by atoms with Crippen molar-refractivity contribution in [2.45, 2.75) is 23.1 Å². The third-order valence-electron chi connectivity index (χ3n) is 3.57. The molecule has 1 aromatic heterocycles. The molecule has 1 atom stereocenters. The fraction of sp³-hybridized carbons (Fsp3) is 0.211. The summed E-state index contributed by atoms with van der Waals surface area (Å²) in [5.74, 6) is 1.75. The van der Waals surface area contributed by atoms with Crippen molar-refractivity contribution in [2.24, 2.45) is 0 Å². The first-order chi connectivity index (χ1) is 13.1. The second-order valence-electron chi connectivity index (χ2n) is 5.58. The predicted octanol–water partition coefficient (Wildman–Crippen LogP) is 4.25. The molecule has 0 radical (unpaired) electrons. The summed E-state index contributed by atoms with van der Waals surface area (Å²) >= 11 is 2.93. The molecule has 140 valence electrons. The van der Waals surface area contributed by atoms with Crippen LogP contribution in [0.2, 0.25) is 0 Å². The van der Waals surface area contributed by atoms with E-state index in [9.17, 15) is 4.79 Å². The summed E-state index contributed by atoms with van der Waals surface area (Å²) in [6.45, 7) is 1.68. The van der Waals surface area contributed by atoms with E-state index in [4.69, 9.17) is 9.47 Å². The maximum absolute atomic E-state index is 12.3. The predicted molar refractivity (Wildman–Crippen MR) is 108 cm³/mol. The summed E-state index contributed by atoms with van der Waals surface area (Å²) in [6, 6.07) is 17.2. The van der Waals surface area contributed by atoms with Gasteiger partial charge in [-0.3, -0.25) is 10.1 Å². The number of nitrogens with one attached hydrogen (secondary N) is 1. The standard InChI is InChI=1S/C19H19N3O3S2/c1-13(25-16-10-6-9-15(11-16)24-2)17(23)20-18-21-22-19(27-18)26-12-14-7-4-3-5-8-14/h3-11,13H,12H2,1-2H3,(H,20,21,23). The molecule has 0 spiro atoms. The van der Waals surface area contributed by atoms with Gasteiger partial charge in [-0.2, -0.15) is 0 Å². The lowest BCUT2D eigenvalue weighted by Crippen LogP contribution is -2.30. The number of methoxy groups -OCH3 is 1. The molecule has 27 heavy (non-hydrogen) atoms. The van der Waals surface area contributed by atoms with Crippen molar-refractivity contribution in [1.82, 2.24) is 10.2 Å². The lowest BCUT2D eigenvalue weighted by molar-refractivity contribution is -0.122. The number of anilines is 1. The van der Waals surface area contributed by atoms with Crippen molar-refractivity contribution in [3.63, 3.8) is 0 Å². The zero-order valence-corrected chi connectivity index (χ0v) is 16.5. The number of hydrogen-bond acceptors (Lipinski definition) is 7. The molecule has 2 aromatic carbocycles. The van der Waals surface area contributed by atoms with Crippen molar-refractivity contribution in [3.8, 4) is 11.5 Å². The second-order valence-corrected chi connectivity index (χ2v) is 7.78. The number of ether oxygens (including phenoxy) is 2. The van der Waals surface area contributed by atoms with Crippen LogP contribution in [-0.2, 0) is 10.5 Å². The lowest BCUT2D eigenvalue weighted by atomic mass is 10.2. The average molecular weight is 402 g/mol. The molecule has 0 saturated heterocycles. The SMILES string of the molecule is COc1cccc(OC(C)C(=O)Nc2nnc(SCc3ccccc3)s2)c1. The lowest BCUT2D eigenvalue weighted by Gasteiger charge is -2.14. The van der Waals surface area contributed by atoms with Gasteiger partial charge in [0.2, 0.25) is 5.13 Å². The van der Waals surface area contributed by atoms with Crippen molar-refractivity contribution in [2.75, 3.05) is 12.4 Å². The van der Waals surface area contributed by atoms with Gasteiger partial charge in [0, 0.05) is 11.8 Å². The third-order valence-corrected chi connectivity index (χ3v) is 5.61. The molecule has 0 bridgehead atoms. The highest BCUT2D eigenvalue weighted by molar-refractivity contribution is 8.00. The number of hydrogen-bond donors (Lipinski definition) is 1. The van der Waals surface area contributed by atoms with Gasteiger partial charge in [0.15, 0.2) is 10.4 Å². The molecular weight excluding hydrogens is 382 g/mol. The number of rotatable bonds is 8. The Morgan fingerprint density at radius 3 is 2.70 bits per heavy atom. The Hall–Kier alpha value is -2.58. The van der Waals surface area contributed by atoms with Gasteiger partial charge < -0.3 is 9.47 Å². The molecule has 3 rings (SSSR count). The minimum atomic E-state index is -0.679. The maximum atomic E-state index is 12.3. The molecule has 1 heterocycles. The Balaban J connectivity index is 1.52. The van der Waals surface area contributed by atoms with Crippen molar-refractivity contribution >= 4 is 34.1 Å². The van der Waals surface area contributed by atoms with Gasteiger partial charge in [-0.05, 0) is 24.6 Å². The van der Waals surface area contributed by atoms with Gasteiger partial charge in [-0.1, -0.05) is 59.5 Å². The highest BCUT2D eigenvalue weighted by atomic mass is 32.2. The van der Waals surface area contributed by atoms with E-state index in [1.54, 1.807) is 44.0 Å². The Labute approximate surface area is 165 Å². The summed E-state index contributed by atoms with van der Waals surface area (Å²) in [5.41, 5.74) is 1.21. The Morgan fingerprint density at radius 2 is 1.93 bits per heavy atom. The highest BCUT2D eigenvalue weighted by Crippen LogP contribution is 2.28. The molecule has 1 amide bonds. The highest BCUT2D eigenvalue weighted by Gasteiger charge is 2.17. The fourth-order valence-corrected chi connectivity index (χ4v) is 3.89. The summed E-state index contributed by atoms with van der Waals surface area (Å²) in [5, 5.41) is 11.3. The average Bonchev–Trinajstić information content (AvgIpc) is 3.14. The first-order valence-corrected chi connectivity index (χ1v) is 10.1.